The lowest BCUT2D eigenvalue weighted by atomic mass is 10.2. The van der Waals surface area contributed by atoms with Crippen LogP contribution in [0.25, 0.3) is 6.08 Å². The number of aromatic carboxylic acids is 1. The van der Waals surface area contributed by atoms with Gasteiger partial charge in [-0.2, -0.15) is 0 Å². The van der Waals surface area contributed by atoms with Gasteiger partial charge in [0.2, 0.25) is 0 Å². The summed E-state index contributed by atoms with van der Waals surface area (Å²) >= 11 is 0. The van der Waals surface area contributed by atoms with Gasteiger partial charge in [0.1, 0.15) is 0 Å². The summed E-state index contributed by atoms with van der Waals surface area (Å²) < 4.78 is 13.3. The maximum absolute atomic E-state index is 13.3. The molecule has 5 heteroatoms. The molecule has 14 heavy (non-hydrogen) atoms. The summed E-state index contributed by atoms with van der Waals surface area (Å²) in [5.74, 6) is -2.16. The van der Waals surface area contributed by atoms with E-state index in [-0.39, 0.29) is 12.2 Å². The molecular weight excluding hydrogens is 187 g/mol. The molecule has 0 saturated carbocycles. The number of aromatic nitrogens is 1. The molecule has 1 rings (SSSR count). The van der Waals surface area contributed by atoms with Gasteiger partial charge in [-0.25, -0.2) is 9.18 Å². The second-order valence-electron chi connectivity index (χ2n) is 2.50. The third-order valence-corrected chi connectivity index (χ3v) is 1.56. The van der Waals surface area contributed by atoms with Crippen molar-refractivity contribution in [3.8, 4) is 0 Å². The number of hydrogen-bond donors (Lipinski definition) is 2. The maximum Gasteiger partial charge on any atom is 0.338 e. The monoisotopic (exact) mass is 196 g/mol. The zero-order valence-corrected chi connectivity index (χ0v) is 7.27. The van der Waals surface area contributed by atoms with E-state index in [1.54, 1.807) is 0 Å². The molecule has 3 N–H and O–H groups in total. The summed E-state index contributed by atoms with van der Waals surface area (Å²) in [6, 6.07) is 1.11. The largest absolute Gasteiger partial charge is 0.478 e. The van der Waals surface area contributed by atoms with Crippen LogP contribution in [0.15, 0.2) is 18.3 Å². The molecule has 74 valence electrons. The van der Waals surface area contributed by atoms with Crippen LogP contribution in [0.1, 0.15) is 16.1 Å². The minimum atomic E-state index is -1.31. The molecule has 0 saturated heterocycles. The standard InChI is InChI=1S/C9H9FN2O2/c10-8-6(9(13)14)3-5-12-7(8)2-1-4-11/h1-3,5H,4,11H2,(H,13,14). The summed E-state index contributed by atoms with van der Waals surface area (Å²) in [5.41, 5.74) is 4.76. The van der Waals surface area contributed by atoms with Gasteiger partial charge in [0.15, 0.2) is 5.82 Å². The Kier molecular flexibility index (Phi) is 3.30. The predicted octanol–water partition coefficient (Wildman–Crippen LogP) is 0.891. The van der Waals surface area contributed by atoms with Crippen molar-refractivity contribution in [3.63, 3.8) is 0 Å². The SMILES string of the molecule is NCC=Cc1nccc(C(=O)O)c1F. The van der Waals surface area contributed by atoms with Gasteiger partial charge in [-0.05, 0) is 12.1 Å². The first-order chi connectivity index (χ1) is 6.66. The average Bonchev–Trinajstić information content (AvgIpc) is 2.16. The van der Waals surface area contributed by atoms with Crippen molar-refractivity contribution in [1.29, 1.82) is 0 Å². The molecule has 1 aromatic rings. The molecule has 1 heterocycles. The molecule has 1 aromatic heterocycles. The summed E-state index contributed by atoms with van der Waals surface area (Å²) in [6.45, 7) is 0.248. The lowest BCUT2D eigenvalue weighted by Crippen LogP contribution is -2.03. The van der Waals surface area contributed by atoms with Gasteiger partial charge in [0.25, 0.3) is 0 Å². The highest BCUT2D eigenvalue weighted by molar-refractivity contribution is 5.88. The average molecular weight is 196 g/mol. The molecule has 0 aromatic carbocycles. The zero-order chi connectivity index (χ0) is 10.6. The molecule has 0 aliphatic carbocycles. The van der Waals surface area contributed by atoms with Crippen LogP contribution in [0.5, 0.6) is 0 Å². The number of hydrogen-bond acceptors (Lipinski definition) is 3. The highest BCUT2D eigenvalue weighted by Gasteiger charge is 2.12. The Labute approximate surface area is 79.9 Å². The Morgan fingerprint density at radius 1 is 1.71 bits per heavy atom. The Balaban J connectivity index is 3.14. The fraction of sp³-hybridized carbons (Fsp3) is 0.111. The molecule has 0 aliphatic rings. The molecule has 0 fully saturated rings. The van der Waals surface area contributed by atoms with Crippen molar-refractivity contribution >= 4 is 12.0 Å². The molecule has 0 spiro atoms. The van der Waals surface area contributed by atoms with E-state index < -0.39 is 17.3 Å². The topological polar surface area (TPSA) is 76.2 Å². The van der Waals surface area contributed by atoms with Crippen LogP contribution >= 0.6 is 0 Å². The lowest BCUT2D eigenvalue weighted by molar-refractivity contribution is 0.0691. The van der Waals surface area contributed by atoms with Crippen LogP contribution in [0, 0.1) is 5.82 Å². The molecule has 0 radical (unpaired) electrons. The van der Waals surface area contributed by atoms with Crippen LogP contribution < -0.4 is 5.73 Å². The van der Waals surface area contributed by atoms with Gasteiger partial charge in [-0.15, -0.1) is 0 Å². The first kappa shape index (κ1) is 10.3. The minimum Gasteiger partial charge on any atom is -0.478 e. The predicted molar refractivity (Wildman–Crippen MR) is 49.2 cm³/mol. The quantitative estimate of drug-likeness (QED) is 0.752. The molecule has 0 amide bonds. The third-order valence-electron chi connectivity index (χ3n) is 1.56. The van der Waals surface area contributed by atoms with Gasteiger partial charge < -0.3 is 10.8 Å². The fourth-order valence-corrected chi connectivity index (χ4v) is 0.921. The van der Waals surface area contributed by atoms with Crippen LogP contribution in [0.2, 0.25) is 0 Å². The Hall–Kier alpha value is -1.75. The van der Waals surface area contributed by atoms with Crippen molar-refractivity contribution in [3.05, 3.63) is 35.4 Å². The van der Waals surface area contributed by atoms with Crippen molar-refractivity contribution in [2.75, 3.05) is 6.54 Å². The number of rotatable bonds is 3. The normalized spacial score (nSPS) is 10.7. The summed E-state index contributed by atoms with van der Waals surface area (Å²) in [5, 5.41) is 8.60. The van der Waals surface area contributed by atoms with Gasteiger partial charge in [0.05, 0.1) is 11.3 Å². The van der Waals surface area contributed by atoms with Crippen molar-refractivity contribution in [1.82, 2.24) is 4.98 Å². The van der Waals surface area contributed by atoms with E-state index in [0.29, 0.717) is 0 Å². The molecule has 0 aliphatic heterocycles. The van der Waals surface area contributed by atoms with Crippen molar-refractivity contribution in [2.45, 2.75) is 0 Å². The fourth-order valence-electron chi connectivity index (χ4n) is 0.921. The maximum atomic E-state index is 13.3. The molecule has 0 unspecified atom stereocenters. The van der Waals surface area contributed by atoms with E-state index in [9.17, 15) is 9.18 Å². The second kappa shape index (κ2) is 4.48. The number of halogens is 1. The lowest BCUT2D eigenvalue weighted by Gasteiger charge is -1.99. The Morgan fingerprint density at radius 3 is 3.00 bits per heavy atom. The zero-order valence-electron chi connectivity index (χ0n) is 7.27. The number of carboxylic acid groups (broad SMARTS) is 1. The number of nitrogens with zero attached hydrogens (tertiary/aromatic N) is 1. The van der Waals surface area contributed by atoms with Gasteiger partial charge in [-0.1, -0.05) is 6.08 Å². The highest BCUT2D eigenvalue weighted by Crippen LogP contribution is 2.11. The Morgan fingerprint density at radius 2 is 2.43 bits per heavy atom. The Bertz CT molecular complexity index is 377. The number of carbonyl (C=O) groups is 1. The van der Waals surface area contributed by atoms with Crippen molar-refractivity contribution < 1.29 is 14.3 Å². The van der Waals surface area contributed by atoms with E-state index in [1.807, 2.05) is 0 Å². The summed E-state index contributed by atoms with van der Waals surface area (Å²) in [6.07, 6.45) is 4.08. The number of carboxylic acids is 1. The molecule has 4 nitrogen and oxygen atoms in total. The number of nitrogens with two attached hydrogens (primary N) is 1. The van der Waals surface area contributed by atoms with Crippen LogP contribution in [0.4, 0.5) is 4.39 Å². The summed E-state index contributed by atoms with van der Waals surface area (Å²) in [7, 11) is 0. The molecule has 0 atom stereocenters. The van der Waals surface area contributed by atoms with E-state index >= 15 is 0 Å². The van der Waals surface area contributed by atoms with Gasteiger partial charge >= 0.3 is 5.97 Å². The van der Waals surface area contributed by atoms with E-state index in [1.165, 1.54) is 18.3 Å². The molecular formula is C9H9FN2O2. The van der Waals surface area contributed by atoms with Crippen LogP contribution in [-0.2, 0) is 0 Å². The van der Waals surface area contributed by atoms with Gasteiger partial charge in [-0.3, -0.25) is 4.98 Å². The van der Waals surface area contributed by atoms with Crippen LogP contribution in [0.3, 0.4) is 0 Å². The van der Waals surface area contributed by atoms with Crippen molar-refractivity contribution in [2.24, 2.45) is 5.73 Å². The number of pyridine rings is 1. The van der Waals surface area contributed by atoms with E-state index in [2.05, 4.69) is 4.98 Å². The van der Waals surface area contributed by atoms with Gasteiger partial charge in [0, 0.05) is 12.7 Å². The first-order valence-corrected chi connectivity index (χ1v) is 3.91. The minimum absolute atomic E-state index is 0.0182. The smallest absolute Gasteiger partial charge is 0.338 e. The second-order valence-corrected chi connectivity index (χ2v) is 2.50. The first-order valence-electron chi connectivity index (χ1n) is 3.91. The summed E-state index contributed by atoms with van der Waals surface area (Å²) in [4.78, 5) is 14.2. The molecule has 0 bridgehead atoms. The highest BCUT2D eigenvalue weighted by atomic mass is 19.1. The van der Waals surface area contributed by atoms with E-state index in [4.69, 9.17) is 10.8 Å². The van der Waals surface area contributed by atoms with E-state index in [0.717, 1.165) is 6.07 Å². The third kappa shape index (κ3) is 2.14. The van der Waals surface area contributed by atoms with Crippen LogP contribution in [-0.4, -0.2) is 22.6 Å².